The Hall–Kier alpha value is -2.71. The molecule has 0 amide bonds. The number of thiazole rings is 1. The Labute approximate surface area is 198 Å². The van der Waals surface area contributed by atoms with Crippen LogP contribution in [0.15, 0.2) is 35.3 Å². The number of nitrogens with zero attached hydrogens (tertiary/aromatic N) is 4. The van der Waals surface area contributed by atoms with Gasteiger partial charge in [0.25, 0.3) is 5.56 Å². The molecular formula is C25H31N5O2S. The van der Waals surface area contributed by atoms with E-state index in [2.05, 4.69) is 62.2 Å². The maximum atomic E-state index is 12.0. The zero-order valence-corrected chi connectivity index (χ0v) is 20.9. The first kappa shape index (κ1) is 22.1. The van der Waals surface area contributed by atoms with Gasteiger partial charge in [0.2, 0.25) is 5.88 Å². The van der Waals surface area contributed by atoms with Crippen LogP contribution in [-0.4, -0.2) is 38.9 Å². The Bertz CT molecular complexity index is 1260. The van der Waals surface area contributed by atoms with Gasteiger partial charge in [-0.2, -0.15) is 10.1 Å². The summed E-state index contributed by atoms with van der Waals surface area (Å²) in [6.07, 6.45) is 3.84. The van der Waals surface area contributed by atoms with Crippen molar-refractivity contribution in [2.75, 3.05) is 11.9 Å². The molecule has 2 aliphatic heterocycles. The number of hydrogen-bond acceptors (Lipinski definition) is 7. The number of fused-ring (bicyclic) bond motifs is 3. The fourth-order valence-electron chi connectivity index (χ4n) is 5.30. The average Bonchev–Trinajstić information content (AvgIpc) is 3.17. The molecule has 3 aromatic rings. The molecular weight excluding hydrogens is 434 g/mol. The van der Waals surface area contributed by atoms with Crippen LogP contribution < -0.4 is 20.5 Å². The lowest BCUT2D eigenvalue weighted by atomic mass is 9.79. The van der Waals surface area contributed by atoms with Crippen molar-refractivity contribution in [2.24, 2.45) is 7.05 Å². The third-order valence-corrected chi connectivity index (χ3v) is 7.78. The molecule has 2 aromatic heterocycles. The van der Waals surface area contributed by atoms with Crippen LogP contribution in [-0.2, 0) is 13.7 Å². The van der Waals surface area contributed by atoms with Crippen LogP contribution in [0.5, 0.6) is 5.88 Å². The number of nitrogens with one attached hydrogen (secondary N) is 1. The van der Waals surface area contributed by atoms with E-state index in [1.807, 2.05) is 6.07 Å². The molecule has 0 bridgehead atoms. The highest BCUT2D eigenvalue weighted by atomic mass is 32.1. The van der Waals surface area contributed by atoms with E-state index >= 15 is 0 Å². The number of ether oxygens (including phenoxy) is 1. The lowest BCUT2D eigenvalue weighted by Crippen LogP contribution is -2.61. The van der Waals surface area contributed by atoms with E-state index in [1.165, 1.54) is 4.68 Å². The molecule has 4 heterocycles. The average molecular weight is 466 g/mol. The van der Waals surface area contributed by atoms with E-state index in [-0.39, 0.29) is 16.6 Å². The Morgan fingerprint density at radius 3 is 2.58 bits per heavy atom. The van der Waals surface area contributed by atoms with Crippen LogP contribution in [0, 0.1) is 0 Å². The van der Waals surface area contributed by atoms with Crippen molar-refractivity contribution in [3.63, 3.8) is 0 Å². The quantitative estimate of drug-likeness (QED) is 0.625. The molecule has 0 aliphatic carbocycles. The first-order valence-electron chi connectivity index (χ1n) is 11.3. The van der Waals surface area contributed by atoms with E-state index < -0.39 is 0 Å². The van der Waals surface area contributed by atoms with Gasteiger partial charge in [-0.3, -0.25) is 4.79 Å². The summed E-state index contributed by atoms with van der Waals surface area (Å²) in [6.45, 7) is 9.56. The number of rotatable bonds is 3. The molecule has 33 heavy (non-hydrogen) atoms. The largest absolute Gasteiger partial charge is 0.472 e. The fraction of sp³-hybridized carbons (Fsp3) is 0.480. The van der Waals surface area contributed by atoms with E-state index in [0.717, 1.165) is 45.1 Å². The normalized spacial score (nSPS) is 18.8. The highest BCUT2D eigenvalue weighted by molar-refractivity contribution is 7.19. The van der Waals surface area contributed by atoms with Crippen LogP contribution >= 0.6 is 11.3 Å². The highest BCUT2D eigenvalue weighted by Gasteiger charge is 2.40. The number of hydrogen-bond donors (Lipinski definition) is 1. The van der Waals surface area contributed by atoms with Gasteiger partial charge in [-0.25, -0.2) is 4.68 Å². The zero-order chi connectivity index (χ0) is 23.5. The molecule has 8 heteroatoms. The smallest absolute Gasteiger partial charge is 0.267 e. The van der Waals surface area contributed by atoms with Crippen molar-refractivity contribution in [1.29, 1.82) is 0 Å². The van der Waals surface area contributed by atoms with Crippen molar-refractivity contribution in [3.8, 4) is 27.4 Å². The molecule has 174 valence electrons. The number of aromatic nitrogens is 3. The van der Waals surface area contributed by atoms with Gasteiger partial charge in [-0.05, 0) is 57.7 Å². The molecule has 1 saturated heterocycles. The third kappa shape index (κ3) is 4.17. The van der Waals surface area contributed by atoms with Crippen LogP contribution in [0.2, 0.25) is 0 Å². The van der Waals surface area contributed by atoms with E-state index in [1.54, 1.807) is 30.6 Å². The highest BCUT2D eigenvalue weighted by Crippen LogP contribution is 2.46. The van der Waals surface area contributed by atoms with Crippen LogP contribution in [0.4, 0.5) is 5.13 Å². The molecule has 0 spiro atoms. The molecule has 5 rings (SSSR count). The molecule has 0 unspecified atom stereocenters. The summed E-state index contributed by atoms with van der Waals surface area (Å²) in [6, 6.07) is 8.27. The first-order valence-corrected chi connectivity index (χ1v) is 12.2. The van der Waals surface area contributed by atoms with Gasteiger partial charge in [-0.1, -0.05) is 23.5 Å². The van der Waals surface area contributed by atoms with Crippen LogP contribution in [0.1, 0.15) is 46.1 Å². The summed E-state index contributed by atoms with van der Waals surface area (Å²) in [4.78, 5) is 20.3. The second-order valence-corrected chi connectivity index (χ2v) is 11.5. The van der Waals surface area contributed by atoms with Crippen molar-refractivity contribution in [3.05, 3.63) is 46.4 Å². The SMILES string of the molecule is CN(c1nc2c(s1)-c1ccc(-c3cnn(C)c(=O)c3)cc1CO2)C1CC(C)(C)NC(C)(C)C1. The molecule has 1 fully saturated rings. The summed E-state index contributed by atoms with van der Waals surface area (Å²) >= 11 is 1.69. The standard InChI is InChI=1S/C25H31N5O2S/c1-24(2)11-18(12-25(3,4)28-24)29(5)23-27-22-21(33-23)19-8-7-15(9-17(19)14-32-22)16-10-20(31)30(6)26-13-16/h7-10,13,18,28H,11-12,14H2,1-6H3. The summed E-state index contributed by atoms with van der Waals surface area (Å²) in [5, 5.41) is 8.90. The summed E-state index contributed by atoms with van der Waals surface area (Å²) in [5.74, 6) is 0.713. The monoisotopic (exact) mass is 465 g/mol. The molecule has 1 aromatic carbocycles. The minimum Gasteiger partial charge on any atom is -0.472 e. The zero-order valence-electron chi connectivity index (χ0n) is 20.1. The number of anilines is 1. The van der Waals surface area contributed by atoms with Crippen LogP contribution in [0.3, 0.4) is 0 Å². The van der Waals surface area contributed by atoms with E-state index in [4.69, 9.17) is 9.72 Å². The Morgan fingerprint density at radius 2 is 1.88 bits per heavy atom. The predicted molar refractivity (Wildman–Crippen MR) is 133 cm³/mol. The molecule has 0 radical (unpaired) electrons. The molecule has 2 aliphatic rings. The van der Waals surface area contributed by atoms with Gasteiger partial charge < -0.3 is 15.0 Å². The van der Waals surface area contributed by atoms with Gasteiger partial charge in [0, 0.05) is 48.4 Å². The first-order chi connectivity index (χ1) is 15.5. The second kappa shape index (κ2) is 7.67. The van der Waals surface area contributed by atoms with Gasteiger partial charge in [-0.15, -0.1) is 0 Å². The van der Waals surface area contributed by atoms with Crippen molar-refractivity contribution >= 4 is 16.5 Å². The lowest BCUT2D eigenvalue weighted by Gasteiger charge is -2.48. The molecule has 1 N–H and O–H groups in total. The molecule has 0 atom stereocenters. The summed E-state index contributed by atoms with van der Waals surface area (Å²) in [7, 11) is 3.80. The third-order valence-electron chi connectivity index (χ3n) is 6.62. The minimum absolute atomic E-state index is 0.0738. The van der Waals surface area contributed by atoms with E-state index in [0.29, 0.717) is 18.5 Å². The van der Waals surface area contributed by atoms with Gasteiger partial charge >= 0.3 is 0 Å². The fourth-order valence-corrected chi connectivity index (χ4v) is 6.41. The Kier molecular flexibility index (Phi) is 5.14. The Balaban J connectivity index is 1.45. The van der Waals surface area contributed by atoms with Crippen molar-refractivity contribution < 1.29 is 4.74 Å². The van der Waals surface area contributed by atoms with Gasteiger partial charge in [0.15, 0.2) is 5.13 Å². The molecule has 0 saturated carbocycles. The topological polar surface area (TPSA) is 72.3 Å². The van der Waals surface area contributed by atoms with Crippen molar-refractivity contribution in [1.82, 2.24) is 20.1 Å². The van der Waals surface area contributed by atoms with E-state index in [9.17, 15) is 4.79 Å². The predicted octanol–water partition coefficient (Wildman–Crippen LogP) is 4.21. The maximum Gasteiger partial charge on any atom is 0.267 e. The number of piperidine rings is 1. The number of benzene rings is 1. The lowest BCUT2D eigenvalue weighted by molar-refractivity contribution is 0.161. The minimum atomic E-state index is -0.122. The maximum absolute atomic E-state index is 12.0. The summed E-state index contributed by atoms with van der Waals surface area (Å²) in [5.41, 5.74) is 4.06. The van der Waals surface area contributed by atoms with Gasteiger partial charge in [0.1, 0.15) is 11.5 Å². The molecule has 7 nitrogen and oxygen atoms in total. The summed E-state index contributed by atoms with van der Waals surface area (Å²) < 4.78 is 7.39. The Morgan fingerprint density at radius 1 is 1.15 bits per heavy atom. The second-order valence-electron chi connectivity index (χ2n) is 10.6. The van der Waals surface area contributed by atoms with Gasteiger partial charge in [0.05, 0.1) is 6.20 Å². The van der Waals surface area contributed by atoms with Crippen LogP contribution in [0.25, 0.3) is 21.6 Å². The number of aryl methyl sites for hydroxylation is 1. The van der Waals surface area contributed by atoms with Crippen molar-refractivity contribution in [2.45, 2.75) is 64.3 Å².